The smallest absolute Gasteiger partial charge is 0.291 e. The Labute approximate surface area is 180 Å². The number of rotatable bonds is 6. The highest BCUT2D eigenvalue weighted by atomic mass is 16.5. The van der Waals surface area contributed by atoms with Crippen LogP contribution in [0.4, 0.5) is 5.69 Å². The summed E-state index contributed by atoms with van der Waals surface area (Å²) in [6.45, 7) is 2.80. The minimum absolute atomic E-state index is 0.198. The average molecular weight is 414 g/mol. The minimum Gasteiger partial charge on any atom is -0.494 e. The molecule has 0 bridgehead atoms. The molecule has 0 fully saturated rings. The van der Waals surface area contributed by atoms with Gasteiger partial charge < -0.3 is 20.1 Å². The van der Waals surface area contributed by atoms with Gasteiger partial charge >= 0.3 is 0 Å². The first-order valence-corrected chi connectivity index (χ1v) is 10.0. The van der Waals surface area contributed by atoms with Crippen LogP contribution in [0.15, 0.2) is 78.6 Å². The van der Waals surface area contributed by atoms with Gasteiger partial charge in [0.1, 0.15) is 5.75 Å². The van der Waals surface area contributed by atoms with Gasteiger partial charge in [-0.1, -0.05) is 48.5 Å². The molecule has 2 N–H and O–H groups in total. The Hall–Kier alpha value is -4.06. The predicted molar refractivity (Wildman–Crippen MR) is 119 cm³/mol. The first-order valence-electron chi connectivity index (χ1n) is 10.0. The average Bonchev–Trinajstić information content (AvgIpc) is 2.79. The van der Waals surface area contributed by atoms with Gasteiger partial charge in [-0.05, 0) is 42.8 Å². The molecule has 0 saturated carbocycles. The van der Waals surface area contributed by atoms with Crippen molar-refractivity contribution in [2.24, 2.45) is 0 Å². The first kappa shape index (κ1) is 20.2. The number of fused-ring (bicyclic) bond motifs is 1. The standard InChI is InChI=1S/C25H22N2O4/c1-2-30-21-11-7-6-10-19(21)16-26-24(28)18-12-13-22-20(15-18)27-25(29)23(31-22)14-17-8-4-3-5-9-17/h3-15H,2,16H2,1H3,(H,26,28)(H,27,29)/b23-14-. The summed E-state index contributed by atoms with van der Waals surface area (Å²) in [4.78, 5) is 25.1. The number of benzene rings is 3. The molecular weight excluding hydrogens is 392 g/mol. The van der Waals surface area contributed by atoms with E-state index in [-0.39, 0.29) is 17.6 Å². The Kier molecular flexibility index (Phi) is 5.98. The summed E-state index contributed by atoms with van der Waals surface area (Å²) in [6.07, 6.45) is 1.68. The molecule has 1 heterocycles. The van der Waals surface area contributed by atoms with Crippen molar-refractivity contribution in [1.29, 1.82) is 0 Å². The lowest BCUT2D eigenvalue weighted by Crippen LogP contribution is -2.26. The van der Waals surface area contributed by atoms with Crippen LogP contribution >= 0.6 is 0 Å². The van der Waals surface area contributed by atoms with Crippen LogP contribution in [-0.2, 0) is 11.3 Å². The van der Waals surface area contributed by atoms with Crippen LogP contribution in [-0.4, -0.2) is 18.4 Å². The summed E-state index contributed by atoms with van der Waals surface area (Å²) >= 11 is 0. The lowest BCUT2D eigenvalue weighted by molar-refractivity contribution is -0.115. The minimum atomic E-state index is -0.362. The SMILES string of the molecule is CCOc1ccccc1CNC(=O)c1ccc2c(c1)NC(=O)/C(=C/c1ccccc1)O2. The van der Waals surface area contributed by atoms with Gasteiger partial charge in [-0.3, -0.25) is 9.59 Å². The van der Waals surface area contributed by atoms with Gasteiger partial charge in [-0.25, -0.2) is 0 Å². The number of carbonyl (C=O) groups excluding carboxylic acids is 2. The molecule has 156 valence electrons. The van der Waals surface area contributed by atoms with E-state index >= 15 is 0 Å². The van der Waals surface area contributed by atoms with Gasteiger partial charge in [0.2, 0.25) is 0 Å². The molecule has 6 heteroatoms. The molecule has 0 radical (unpaired) electrons. The van der Waals surface area contributed by atoms with Crippen molar-refractivity contribution in [3.63, 3.8) is 0 Å². The second-order valence-electron chi connectivity index (χ2n) is 6.91. The fraction of sp³-hybridized carbons (Fsp3) is 0.120. The van der Waals surface area contributed by atoms with E-state index in [0.717, 1.165) is 16.9 Å². The Bertz CT molecular complexity index is 1140. The third kappa shape index (κ3) is 4.75. The number of hydrogen-bond acceptors (Lipinski definition) is 4. The van der Waals surface area contributed by atoms with Crippen molar-refractivity contribution in [2.75, 3.05) is 11.9 Å². The number of anilines is 1. The molecule has 0 aromatic heterocycles. The van der Waals surface area contributed by atoms with Crippen LogP contribution in [0.3, 0.4) is 0 Å². The molecule has 2 amide bonds. The summed E-state index contributed by atoms with van der Waals surface area (Å²) < 4.78 is 11.3. The first-order chi connectivity index (χ1) is 15.1. The maximum Gasteiger partial charge on any atom is 0.291 e. The monoisotopic (exact) mass is 414 g/mol. The number of ether oxygens (including phenoxy) is 2. The topological polar surface area (TPSA) is 76.7 Å². The summed E-state index contributed by atoms with van der Waals surface area (Å²) in [5, 5.41) is 5.68. The van der Waals surface area contributed by atoms with Gasteiger partial charge in [-0.15, -0.1) is 0 Å². The van der Waals surface area contributed by atoms with E-state index in [0.29, 0.717) is 30.2 Å². The van der Waals surface area contributed by atoms with Crippen LogP contribution in [0, 0.1) is 0 Å². The van der Waals surface area contributed by atoms with Crippen LogP contribution in [0.5, 0.6) is 11.5 Å². The second-order valence-corrected chi connectivity index (χ2v) is 6.91. The quantitative estimate of drug-likeness (QED) is 0.587. The van der Waals surface area contributed by atoms with E-state index in [1.54, 1.807) is 24.3 Å². The van der Waals surface area contributed by atoms with Crippen molar-refractivity contribution < 1.29 is 19.1 Å². The maximum atomic E-state index is 12.6. The highest BCUT2D eigenvalue weighted by molar-refractivity contribution is 6.09. The summed E-state index contributed by atoms with van der Waals surface area (Å²) in [7, 11) is 0. The zero-order chi connectivity index (χ0) is 21.6. The van der Waals surface area contributed by atoms with Crippen molar-refractivity contribution >= 4 is 23.6 Å². The number of carbonyl (C=O) groups is 2. The fourth-order valence-electron chi connectivity index (χ4n) is 3.23. The van der Waals surface area contributed by atoms with Crippen LogP contribution in [0.1, 0.15) is 28.4 Å². The number of nitrogens with one attached hydrogen (secondary N) is 2. The highest BCUT2D eigenvalue weighted by Crippen LogP contribution is 2.32. The highest BCUT2D eigenvalue weighted by Gasteiger charge is 2.23. The molecule has 0 saturated heterocycles. The predicted octanol–water partition coefficient (Wildman–Crippen LogP) is 4.39. The van der Waals surface area contributed by atoms with E-state index in [1.807, 2.05) is 61.5 Å². The second kappa shape index (κ2) is 9.17. The molecule has 3 aromatic carbocycles. The molecule has 0 spiro atoms. The molecule has 1 aliphatic heterocycles. The lowest BCUT2D eigenvalue weighted by atomic mass is 10.1. The van der Waals surface area contributed by atoms with E-state index < -0.39 is 0 Å². The molecule has 0 atom stereocenters. The molecule has 3 aromatic rings. The zero-order valence-corrected chi connectivity index (χ0v) is 17.1. The van der Waals surface area contributed by atoms with Crippen LogP contribution in [0.25, 0.3) is 6.08 Å². The number of amides is 2. The Balaban J connectivity index is 1.47. The van der Waals surface area contributed by atoms with Gasteiger partial charge in [0.25, 0.3) is 11.8 Å². The molecule has 31 heavy (non-hydrogen) atoms. The summed E-state index contributed by atoms with van der Waals surface area (Å²) in [5.41, 5.74) is 2.63. The van der Waals surface area contributed by atoms with Crippen LogP contribution in [0.2, 0.25) is 0 Å². The molecule has 6 nitrogen and oxygen atoms in total. The van der Waals surface area contributed by atoms with Gasteiger partial charge in [-0.2, -0.15) is 0 Å². The van der Waals surface area contributed by atoms with Crippen molar-refractivity contribution in [1.82, 2.24) is 5.32 Å². The number of para-hydroxylation sites is 1. The Morgan fingerprint density at radius 2 is 1.84 bits per heavy atom. The molecule has 4 rings (SSSR count). The Morgan fingerprint density at radius 1 is 1.06 bits per heavy atom. The third-order valence-electron chi connectivity index (χ3n) is 4.74. The van der Waals surface area contributed by atoms with Gasteiger partial charge in [0, 0.05) is 17.7 Å². The van der Waals surface area contributed by atoms with Crippen molar-refractivity contribution in [2.45, 2.75) is 13.5 Å². The normalized spacial score (nSPS) is 13.7. The molecule has 0 aliphatic carbocycles. The van der Waals surface area contributed by atoms with E-state index in [9.17, 15) is 9.59 Å². The van der Waals surface area contributed by atoms with E-state index in [1.165, 1.54) is 0 Å². The van der Waals surface area contributed by atoms with Gasteiger partial charge in [0.15, 0.2) is 11.5 Å². The van der Waals surface area contributed by atoms with Crippen molar-refractivity contribution in [3.05, 3.63) is 95.2 Å². The molecule has 0 unspecified atom stereocenters. The number of hydrogen-bond donors (Lipinski definition) is 2. The van der Waals surface area contributed by atoms with E-state index in [4.69, 9.17) is 9.47 Å². The Morgan fingerprint density at radius 3 is 2.65 bits per heavy atom. The van der Waals surface area contributed by atoms with Crippen molar-refractivity contribution in [3.8, 4) is 11.5 Å². The third-order valence-corrected chi connectivity index (χ3v) is 4.74. The maximum absolute atomic E-state index is 12.6. The van der Waals surface area contributed by atoms with Crippen LogP contribution < -0.4 is 20.1 Å². The zero-order valence-electron chi connectivity index (χ0n) is 17.1. The molecular formula is C25H22N2O4. The van der Waals surface area contributed by atoms with E-state index in [2.05, 4.69) is 10.6 Å². The fourth-order valence-corrected chi connectivity index (χ4v) is 3.23. The molecule has 1 aliphatic rings. The summed E-state index contributed by atoms with van der Waals surface area (Å²) in [5.74, 6) is 0.811. The van der Waals surface area contributed by atoms with Gasteiger partial charge in [0.05, 0.1) is 12.3 Å². The lowest BCUT2D eigenvalue weighted by Gasteiger charge is -2.20. The largest absolute Gasteiger partial charge is 0.494 e. The summed E-state index contributed by atoms with van der Waals surface area (Å²) in [6, 6.07) is 22.0.